The number of aryl methyl sites for hydroxylation is 1. The molecule has 0 amide bonds. The molecular weight excluding hydrogens is 190 g/mol. The molecule has 0 saturated heterocycles. The fraction of sp³-hybridized carbons (Fsp3) is 0.667. The summed E-state index contributed by atoms with van der Waals surface area (Å²) in [6, 6.07) is 4.41. The Hall–Kier alpha value is -0.340. The first kappa shape index (κ1) is 11.7. The van der Waals surface area contributed by atoms with Gasteiger partial charge >= 0.3 is 0 Å². The maximum atomic E-state index is 3.48. The third-order valence-corrected chi connectivity index (χ3v) is 3.30. The molecule has 0 atom stereocenters. The van der Waals surface area contributed by atoms with Gasteiger partial charge in [0.15, 0.2) is 0 Å². The molecule has 1 aromatic heterocycles. The molecule has 0 saturated carbocycles. The van der Waals surface area contributed by atoms with E-state index < -0.39 is 0 Å². The Kier molecular flexibility index (Phi) is 5.88. The third-order valence-electron chi connectivity index (χ3n) is 2.30. The zero-order chi connectivity index (χ0) is 10.2. The number of hydrogen-bond donors (Lipinski definition) is 1. The van der Waals surface area contributed by atoms with E-state index in [1.54, 1.807) is 0 Å². The molecule has 2 heteroatoms. The molecular formula is C12H21NS. The van der Waals surface area contributed by atoms with E-state index in [9.17, 15) is 0 Å². The van der Waals surface area contributed by atoms with Crippen LogP contribution in [0.4, 0.5) is 0 Å². The first-order valence-electron chi connectivity index (χ1n) is 5.59. The summed E-state index contributed by atoms with van der Waals surface area (Å²) in [7, 11) is 0. The minimum absolute atomic E-state index is 1.05. The van der Waals surface area contributed by atoms with E-state index in [4.69, 9.17) is 0 Å². The summed E-state index contributed by atoms with van der Waals surface area (Å²) in [6.07, 6.45) is 5.38. The van der Waals surface area contributed by atoms with Crippen molar-refractivity contribution in [2.24, 2.45) is 0 Å². The van der Waals surface area contributed by atoms with E-state index in [2.05, 4.69) is 31.3 Å². The smallest absolute Gasteiger partial charge is 0.0299 e. The molecule has 0 radical (unpaired) electrons. The Morgan fingerprint density at radius 3 is 2.71 bits per heavy atom. The van der Waals surface area contributed by atoms with Crippen LogP contribution in [0.25, 0.3) is 0 Å². The molecule has 1 rings (SSSR count). The molecule has 0 spiro atoms. The summed E-state index contributed by atoms with van der Waals surface area (Å²) in [5.74, 6) is 0. The minimum atomic E-state index is 1.05. The van der Waals surface area contributed by atoms with Crippen molar-refractivity contribution in [2.75, 3.05) is 6.54 Å². The predicted octanol–water partition coefficient (Wildman–Crippen LogP) is 3.73. The molecule has 1 heterocycles. The highest BCUT2D eigenvalue weighted by molar-refractivity contribution is 7.11. The van der Waals surface area contributed by atoms with Gasteiger partial charge in [0.05, 0.1) is 0 Å². The van der Waals surface area contributed by atoms with E-state index in [0.29, 0.717) is 0 Å². The average molecular weight is 211 g/mol. The topological polar surface area (TPSA) is 12.0 Å². The molecule has 0 bridgehead atoms. The van der Waals surface area contributed by atoms with Gasteiger partial charge in [0.25, 0.3) is 0 Å². The molecule has 80 valence electrons. The van der Waals surface area contributed by atoms with Gasteiger partial charge in [0.2, 0.25) is 0 Å². The highest BCUT2D eigenvalue weighted by Crippen LogP contribution is 2.14. The van der Waals surface area contributed by atoms with Crippen molar-refractivity contribution in [3.63, 3.8) is 0 Å². The number of unbranched alkanes of at least 4 members (excludes halogenated alkanes) is 3. The monoisotopic (exact) mass is 211 g/mol. The Morgan fingerprint density at radius 1 is 1.21 bits per heavy atom. The molecule has 1 nitrogen and oxygen atoms in total. The summed E-state index contributed by atoms with van der Waals surface area (Å²) in [4.78, 5) is 2.87. The first-order valence-corrected chi connectivity index (χ1v) is 6.40. The molecule has 0 aliphatic heterocycles. The lowest BCUT2D eigenvalue weighted by molar-refractivity contribution is 0.600. The van der Waals surface area contributed by atoms with E-state index >= 15 is 0 Å². The fourth-order valence-electron chi connectivity index (χ4n) is 1.47. The van der Waals surface area contributed by atoms with Crippen LogP contribution < -0.4 is 5.32 Å². The molecule has 0 aliphatic rings. The van der Waals surface area contributed by atoms with Crippen LogP contribution in [0.3, 0.4) is 0 Å². The van der Waals surface area contributed by atoms with E-state index in [1.807, 2.05) is 11.3 Å². The molecule has 0 aliphatic carbocycles. The molecule has 1 N–H and O–H groups in total. The van der Waals surface area contributed by atoms with E-state index in [0.717, 1.165) is 13.1 Å². The van der Waals surface area contributed by atoms with Crippen molar-refractivity contribution in [1.29, 1.82) is 0 Å². The summed E-state index contributed by atoms with van der Waals surface area (Å²) in [6.45, 7) is 6.62. The zero-order valence-electron chi connectivity index (χ0n) is 9.31. The molecule has 14 heavy (non-hydrogen) atoms. The van der Waals surface area contributed by atoms with Crippen LogP contribution in [0.2, 0.25) is 0 Å². The van der Waals surface area contributed by atoms with Gasteiger partial charge in [-0.25, -0.2) is 0 Å². The van der Waals surface area contributed by atoms with Crippen LogP contribution >= 0.6 is 11.3 Å². The Morgan fingerprint density at radius 2 is 2.07 bits per heavy atom. The van der Waals surface area contributed by atoms with Crippen molar-refractivity contribution in [1.82, 2.24) is 5.32 Å². The summed E-state index contributed by atoms with van der Waals surface area (Å²) in [5.41, 5.74) is 0. The van der Waals surface area contributed by atoms with Gasteiger partial charge in [-0.3, -0.25) is 0 Å². The summed E-state index contributed by atoms with van der Waals surface area (Å²) in [5, 5.41) is 3.48. The number of rotatable bonds is 7. The van der Waals surface area contributed by atoms with Gasteiger partial charge in [-0.2, -0.15) is 0 Å². The van der Waals surface area contributed by atoms with E-state index in [1.165, 1.54) is 35.4 Å². The first-order chi connectivity index (χ1) is 6.83. The lowest BCUT2D eigenvalue weighted by Gasteiger charge is -2.02. The number of hydrogen-bond acceptors (Lipinski definition) is 2. The summed E-state index contributed by atoms with van der Waals surface area (Å²) >= 11 is 1.89. The Labute approximate surface area is 91.5 Å². The lowest BCUT2D eigenvalue weighted by atomic mass is 10.2. The molecule has 0 aromatic carbocycles. The third kappa shape index (κ3) is 4.77. The SMILES string of the molecule is CCCCCCNCc1ccc(C)s1. The molecule has 0 unspecified atom stereocenters. The lowest BCUT2D eigenvalue weighted by Crippen LogP contribution is -2.13. The van der Waals surface area contributed by atoms with Gasteiger partial charge < -0.3 is 5.32 Å². The van der Waals surface area contributed by atoms with Gasteiger partial charge in [0, 0.05) is 16.3 Å². The van der Waals surface area contributed by atoms with Crippen molar-refractivity contribution < 1.29 is 0 Å². The molecule has 0 fully saturated rings. The van der Waals surface area contributed by atoms with Crippen molar-refractivity contribution in [3.05, 3.63) is 21.9 Å². The Balaban J connectivity index is 1.99. The minimum Gasteiger partial charge on any atom is -0.312 e. The zero-order valence-corrected chi connectivity index (χ0v) is 10.1. The van der Waals surface area contributed by atoms with Gasteiger partial charge in [-0.1, -0.05) is 26.2 Å². The van der Waals surface area contributed by atoms with Crippen molar-refractivity contribution >= 4 is 11.3 Å². The van der Waals surface area contributed by atoms with Crippen LogP contribution in [-0.4, -0.2) is 6.54 Å². The molecule has 1 aromatic rings. The van der Waals surface area contributed by atoms with E-state index in [-0.39, 0.29) is 0 Å². The van der Waals surface area contributed by atoms with Crippen LogP contribution in [0.1, 0.15) is 42.4 Å². The second-order valence-corrected chi connectivity index (χ2v) is 5.12. The van der Waals surface area contributed by atoms with Gasteiger partial charge in [-0.15, -0.1) is 11.3 Å². The highest BCUT2D eigenvalue weighted by atomic mass is 32.1. The van der Waals surface area contributed by atoms with Crippen LogP contribution in [0.15, 0.2) is 12.1 Å². The number of nitrogens with one attached hydrogen (secondary N) is 1. The highest BCUT2D eigenvalue weighted by Gasteiger charge is 1.95. The number of thiophene rings is 1. The maximum absolute atomic E-state index is 3.48. The van der Waals surface area contributed by atoms with Gasteiger partial charge in [0.1, 0.15) is 0 Å². The standard InChI is InChI=1S/C12H21NS/c1-3-4-5-6-9-13-10-12-8-7-11(2)14-12/h7-8,13H,3-6,9-10H2,1-2H3. The second kappa shape index (κ2) is 7.02. The maximum Gasteiger partial charge on any atom is 0.0299 e. The second-order valence-electron chi connectivity index (χ2n) is 3.75. The van der Waals surface area contributed by atoms with Crippen LogP contribution in [-0.2, 0) is 6.54 Å². The predicted molar refractivity (Wildman–Crippen MR) is 64.9 cm³/mol. The van der Waals surface area contributed by atoms with Crippen LogP contribution in [0.5, 0.6) is 0 Å². The van der Waals surface area contributed by atoms with Crippen molar-refractivity contribution in [3.8, 4) is 0 Å². The fourth-order valence-corrected chi connectivity index (χ4v) is 2.33. The normalized spacial score (nSPS) is 10.7. The van der Waals surface area contributed by atoms with Gasteiger partial charge in [-0.05, 0) is 32.0 Å². The quantitative estimate of drug-likeness (QED) is 0.678. The largest absolute Gasteiger partial charge is 0.312 e. The Bertz CT molecular complexity index is 242. The van der Waals surface area contributed by atoms with Crippen LogP contribution in [0, 0.1) is 6.92 Å². The van der Waals surface area contributed by atoms with Crippen molar-refractivity contribution in [2.45, 2.75) is 46.1 Å². The average Bonchev–Trinajstić information content (AvgIpc) is 2.58. The summed E-state index contributed by atoms with van der Waals surface area (Å²) < 4.78 is 0.